The molecule has 2 aromatic carbocycles. The summed E-state index contributed by atoms with van der Waals surface area (Å²) < 4.78 is 1.01. The molecular weight excluding hydrogens is 326 g/mol. The maximum Gasteiger partial charge on any atom is 0.140 e. The van der Waals surface area contributed by atoms with E-state index in [1.165, 1.54) is 0 Å². The van der Waals surface area contributed by atoms with Gasteiger partial charge in [0.05, 0.1) is 11.6 Å². The van der Waals surface area contributed by atoms with E-state index in [2.05, 4.69) is 32.3 Å². The summed E-state index contributed by atoms with van der Waals surface area (Å²) in [5, 5.41) is 13.7. The lowest BCUT2D eigenvalue weighted by atomic mass is 10.0. The van der Waals surface area contributed by atoms with Crippen molar-refractivity contribution in [2.75, 3.05) is 5.32 Å². The second kappa shape index (κ2) is 5.94. The molecule has 1 aromatic heterocycles. The average Bonchev–Trinajstić information content (AvgIpc) is 2.54. The molecule has 1 N–H and O–H groups in total. The van der Waals surface area contributed by atoms with E-state index in [1.54, 1.807) is 6.20 Å². The van der Waals surface area contributed by atoms with Gasteiger partial charge in [0.15, 0.2) is 0 Å². The first kappa shape index (κ1) is 13.6. The average molecular weight is 338 g/mol. The molecule has 1 heterocycles. The van der Waals surface area contributed by atoms with Gasteiger partial charge < -0.3 is 5.32 Å². The van der Waals surface area contributed by atoms with Crippen molar-refractivity contribution in [1.29, 1.82) is 5.26 Å². The van der Waals surface area contributed by atoms with Crippen molar-refractivity contribution in [1.82, 2.24) is 4.98 Å². The molecule has 3 aromatic rings. The van der Waals surface area contributed by atoms with E-state index >= 15 is 0 Å². The van der Waals surface area contributed by atoms with E-state index in [4.69, 9.17) is 0 Å². The van der Waals surface area contributed by atoms with Crippen LogP contribution in [0.25, 0.3) is 10.9 Å². The van der Waals surface area contributed by atoms with Crippen molar-refractivity contribution in [3.05, 3.63) is 70.8 Å². The number of nitrogens with zero attached hydrogens (tertiary/aromatic N) is 2. The fourth-order valence-corrected chi connectivity index (χ4v) is 2.44. The predicted octanol–water partition coefficient (Wildman–Crippen LogP) is 4.67. The van der Waals surface area contributed by atoms with Gasteiger partial charge >= 0.3 is 0 Å². The molecule has 1 unspecified atom stereocenters. The maximum absolute atomic E-state index is 9.43. The Hall–Kier alpha value is -2.38. The van der Waals surface area contributed by atoms with E-state index in [9.17, 15) is 5.26 Å². The van der Waals surface area contributed by atoms with Crippen molar-refractivity contribution < 1.29 is 0 Å². The highest BCUT2D eigenvalue weighted by molar-refractivity contribution is 9.10. The monoisotopic (exact) mass is 337 g/mol. The van der Waals surface area contributed by atoms with Crippen molar-refractivity contribution in [3.63, 3.8) is 0 Å². The molecule has 0 aliphatic carbocycles. The third-order valence-corrected chi connectivity index (χ3v) is 3.77. The molecule has 3 nitrogen and oxygen atoms in total. The first-order valence-corrected chi connectivity index (χ1v) is 7.32. The molecule has 4 heteroatoms. The van der Waals surface area contributed by atoms with Gasteiger partial charge in [0, 0.05) is 21.7 Å². The number of rotatable bonds is 3. The van der Waals surface area contributed by atoms with Crippen LogP contribution in [0.2, 0.25) is 0 Å². The standard InChI is InChI=1S/C17H12BrN3/c18-14-4-6-15(7-5-14)21-17(11-19)13-3-8-16-12(10-13)2-1-9-20-16/h1-10,17,21H. The molecule has 0 spiro atoms. The van der Waals surface area contributed by atoms with Crippen LogP contribution in [0, 0.1) is 11.3 Å². The van der Waals surface area contributed by atoms with Gasteiger partial charge in [-0.15, -0.1) is 0 Å². The maximum atomic E-state index is 9.43. The van der Waals surface area contributed by atoms with E-state index < -0.39 is 6.04 Å². The van der Waals surface area contributed by atoms with Gasteiger partial charge in [0.25, 0.3) is 0 Å². The quantitative estimate of drug-likeness (QED) is 0.755. The number of hydrogen-bond acceptors (Lipinski definition) is 3. The number of nitriles is 1. The summed E-state index contributed by atoms with van der Waals surface area (Å²) in [6.45, 7) is 0. The molecule has 3 rings (SSSR count). The summed E-state index contributed by atoms with van der Waals surface area (Å²) in [4.78, 5) is 4.29. The number of anilines is 1. The zero-order chi connectivity index (χ0) is 14.7. The molecule has 0 saturated heterocycles. The Morgan fingerprint density at radius 3 is 2.67 bits per heavy atom. The van der Waals surface area contributed by atoms with Gasteiger partial charge in [-0.05, 0) is 48.0 Å². The summed E-state index contributed by atoms with van der Waals surface area (Å²) in [5.41, 5.74) is 2.78. The molecule has 0 saturated carbocycles. The summed E-state index contributed by atoms with van der Waals surface area (Å²) in [7, 11) is 0. The first-order chi connectivity index (χ1) is 10.3. The molecule has 102 valence electrons. The van der Waals surface area contributed by atoms with Gasteiger partial charge in [-0.2, -0.15) is 5.26 Å². The van der Waals surface area contributed by atoms with Crippen LogP contribution in [0.1, 0.15) is 11.6 Å². The highest BCUT2D eigenvalue weighted by atomic mass is 79.9. The summed E-state index contributed by atoms with van der Waals surface area (Å²) in [6.07, 6.45) is 1.77. The number of fused-ring (bicyclic) bond motifs is 1. The summed E-state index contributed by atoms with van der Waals surface area (Å²) in [5.74, 6) is 0. The molecule has 1 atom stereocenters. The van der Waals surface area contributed by atoms with Crippen molar-refractivity contribution in [2.45, 2.75) is 6.04 Å². The molecular formula is C17H12BrN3. The highest BCUT2D eigenvalue weighted by Gasteiger charge is 2.11. The normalized spacial score (nSPS) is 11.8. The van der Waals surface area contributed by atoms with Crippen molar-refractivity contribution in [2.24, 2.45) is 0 Å². The van der Waals surface area contributed by atoms with Crippen molar-refractivity contribution in [3.8, 4) is 6.07 Å². The topological polar surface area (TPSA) is 48.7 Å². The summed E-state index contributed by atoms with van der Waals surface area (Å²) >= 11 is 3.40. The lowest BCUT2D eigenvalue weighted by Gasteiger charge is -2.14. The van der Waals surface area contributed by atoms with Gasteiger partial charge in [-0.3, -0.25) is 4.98 Å². The van der Waals surface area contributed by atoms with Crippen LogP contribution in [0.4, 0.5) is 5.69 Å². The van der Waals surface area contributed by atoms with Crippen LogP contribution in [-0.4, -0.2) is 4.98 Å². The molecule has 0 aliphatic rings. The second-order valence-electron chi connectivity index (χ2n) is 4.67. The largest absolute Gasteiger partial charge is 0.366 e. The summed E-state index contributed by atoms with van der Waals surface area (Å²) in [6, 6.07) is 19.5. The minimum Gasteiger partial charge on any atom is -0.366 e. The minimum atomic E-state index is -0.393. The van der Waals surface area contributed by atoms with Gasteiger partial charge in [0.1, 0.15) is 6.04 Å². The Bertz CT molecular complexity index is 806. The molecule has 0 aliphatic heterocycles. The highest BCUT2D eigenvalue weighted by Crippen LogP contribution is 2.23. The van der Waals surface area contributed by atoms with Gasteiger partial charge in [0.2, 0.25) is 0 Å². The zero-order valence-corrected chi connectivity index (χ0v) is 12.7. The number of halogens is 1. The molecule has 0 fully saturated rings. The fraction of sp³-hybridized carbons (Fsp3) is 0.0588. The van der Waals surface area contributed by atoms with Crippen LogP contribution in [-0.2, 0) is 0 Å². The SMILES string of the molecule is N#CC(Nc1ccc(Br)cc1)c1ccc2ncccc2c1. The van der Waals surface area contributed by atoms with Gasteiger partial charge in [-0.1, -0.05) is 28.1 Å². The fourth-order valence-electron chi connectivity index (χ4n) is 2.18. The van der Waals surface area contributed by atoms with Gasteiger partial charge in [-0.25, -0.2) is 0 Å². The van der Waals surface area contributed by atoms with Crippen LogP contribution in [0.3, 0.4) is 0 Å². The third-order valence-electron chi connectivity index (χ3n) is 3.24. The Labute approximate surface area is 131 Å². The number of aromatic nitrogens is 1. The van der Waals surface area contributed by atoms with Crippen molar-refractivity contribution >= 4 is 32.5 Å². The number of benzene rings is 2. The Morgan fingerprint density at radius 2 is 1.90 bits per heavy atom. The second-order valence-corrected chi connectivity index (χ2v) is 5.58. The Morgan fingerprint density at radius 1 is 1.10 bits per heavy atom. The molecule has 0 bridgehead atoms. The van der Waals surface area contributed by atoms with E-state index in [-0.39, 0.29) is 0 Å². The lowest BCUT2D eigenvalue weighted by molar-refractivity contribution is 1.00. The van der Waals surface area contributed by atoms with E-state index in [1.807, 2.05) is 54.6 Å². The first-order valence-electron chi connectivity index (χ1n) is 6.53. The minimum absolute atomic E-state index is 0.393. The van der Waals surface area contributed by atoms with E-state index in [0.717, 1.165) is 26.6 Å². The molecule has 21 heavy (non-hydrogen) atoms. The zero-order valence-electron chi connectivity index (χ0n) is 11.1. The Balaban J connectivity index is 1.91. The van der Waals surface area contributed by atoms with E-state index in [0.29, 0.717) is 0 Å². The smallest absolute Gasteiger partial charge is 0.140 e. The van der Waals surface area contributed by atoms with Crippen LogP contribution < -0.4 is 5.32 Å². The van der Waals surface area contributed by atoms with Crippen LogP contribution in [0.15, 0.2) is 65.3 Å². The molecule has 0 radical (unpaired) electrons. The lowest BCUT2D eigenvalue weighted by Crippen LogP contribution is -2.08. The number of pyridine rings is 1. The van der Waals surface area contributed by atoms with Crippen LogP contribution in [0.5, 0.6) is 0 Å². The van der Waals surface area contributed by atoms with Crippen LogP contribution >= 0.6 is 15.9 Å². The number of hydrogen-bond donors (Lipinski definition) is 1. The third kappa shape index (κ3) is 3.04. The molecule has 0 amide bonds. The Kier molecular flexibility index (Phi) is 3.85. The predicted molar refractivity (Wildman–Crippen MR) is 87.9 cm³/mol. The number of nitrogens with one attached hydrogen (secondary N) is 1.